The maximum Gasteiger partial charge on any atom is 0.361 e. The molecular weight excluding hydrogens is 260 g/mol. The van der Waals surface area contributed by atoms with Gasteiger partial charge in [0, 0.05) is 20.3 Å². The number of carbonyl (C=O) groups excluding carboxylic acids is 1. The molecule has 0 bridgehead atoms. The van der Waals surface area contributed by atoms with E-state index in [2.05, 4.69) is 20.3 Å². The van der Waals surface area contributed by atoms with Crippen LogP contribution < -0.4 is 0 Å². The van der Waals surface area contributed by atoms with Crippen molar-refractivity contribution in [2.75, 3.05) is 20.7 Å². The molecule has 0 aliphatic heterocycles. The highest BCUT2D eigenvalue weighted by Gasteiger charge is 2.18. The monoisotopic (exact) mass is 276 g/mol. The number of nitrogens with zero attached hydrogens (tertiary/aromatic N) is 6. The van der Waals surface area contributed by atoms with Gasteiger partial charge < -0.3 is 9.64 Å². The summed E-state index contributed by atoms with van der Waals surface area (Å²) in [4.78, 5) is 17.9. The van der Waals surface area contributed by atoms with Crippen molar-refractivity contribution < 1.29 is 9.53 Å². The molecule has 20 heavy (non-hydrogen) atoms. The van der Waals surface area contributed by atoms with Gasteiger partial charge in [0.25, 0.3) is 5.78 Å². The first-order valence-electron chi connectivity index (χ1n) is 6.14. The van der Waals surface area contributed by atoms with Crippen LogP contribution in [0.2, 0.25) is 0 Å². The van der Waals surface area contributed by atoms with Crippen molar-refractivity contribution in [1.82, 2.24) is 29.7 Å². The SMILES string of the molecule is CCOC(=O)c1nnc2nc(C)nn2c1/C=C/N(C)C. The first-order valence-corrected chi connectivity index (χ1v) is 6.14. The smallest absolute Gasteiger partial charge is 0.361 e. The Balaban J connectivity index is 2.61. The molecule has 2 heterocycles. The van der Waals surface area contributed by atoms with E-state index in [-0.39, 0.29) is 12.3 Å². The molecule has 0 saturated heterocycles. The molecule has 0 spiro atoms. The highest BCUT2D eigenvalue weighted by Crippen LogP contribution is 2.11. The summed E-state index contributed by atoms with van der Waals surface area (Å²) in [7, 11) is 3.75. The second kappa shape index (κ2) is 5.64. The molecule has 0 atom stereocenters. The highest BCUT2D eigenvalue weighted by molar-refractivity contribution is 5.90. The molecule has 0 amide bonds. The number of fused-ring (bicyclic) bond motifs is 1. The largest absolute Gasteiger partial charge is 0.461 e. The van der Waals surface area contributed by atoms with Gasteiger partial charge in [-0.1, -0.05) is 0 Å². The maximum atomic E-state index is 11.9. The Morgan fingerprint density at radius 3 is 2.80 bits per heavy atom. The zero-order chi connectivity index (χ0) is 14.7. The Hall–Kier alpha value is -2.51. The van der Waals surface area contributed by atoms with E-state index in [1.165, 1.54) is 4.52 Å². The first kappa shape index (κ1) is 13.9. The minimum Gasteiger partial charge on any atom is -0.461 e. The van der Waals surface area contributed by atoms with Gasteiger partial charge in [-0.3, -0.25) is 0 Å². The van der Waals surface area contributed by atoms with Crippen molar-refractivity contribution in [1.29, 1.82) is 0 Å². The number of rotatable bonds is 4. The molecular formula is C12H16N6O2. The van der Waals surface area contributed by atoms with Crippen molar-refractivity contribution in [2.24, 2.45) is 0 Å². The average molecular weight is 276 g/mol. The van der Waals surface area contributed by atoms with Crippen LogP contribution in [0.1, 0.15) is 28.9 Å². The number of ether oxygens (including phenoxy) is 1. The lowest BCUT2D eigenvalue weighted by atomic mass is 10.3. The third-order valence-electron chi connectivity index (χ3n) is 2.41. The van der Waals surface area contributed by atoms with Crippen molar-refractivity contribution in [3.63, 3.8) is 0 Å². The molecule has 2 aromatic heterocycles. The topological polar surface area (TPSA) is 85.5 Å². The second-order valence-corrected chi connectivity index (χ2v) is 4.30. The van der Waals surface area contributed by atoms with E-state index in [9.17, 15) is 4.79 Å². The van der Waals surface area contributed by atoms with Gasteiger partial charge in [-0.25, -0.2) is 4.79 Å². The molecule has 0 aliphatic carbocycles. The van der Waals surface area contributed by atoms with Gasteiger partial charge >= 0.3 is 5.97 Å². The van der Waals surface area contributed by atoms with E-state index >= 15 is 0 Å². The number of aromatic nitrogens is 5. The summed E-state index contributed by atoms with van der Waals surface area (Å²) in [5.41, 5.74) is 0.602. The number of esters is 1. The van der Waals surface area contributed by atoms with Crippen LogP contribution in [0.4, 0.5) is 0 Å². The lowest BCUT2D eigenvalue weighted by Crippen LogP contribution is -2.14. The van der Waals surface area contributed by atoms with E-state index in [0.717, 1.165) is 0 Å². The Bertz CT molecular complexity index is 661. The first-order chi connectivity index (χ1) is 9.52. The Morgan fingerprint density at radius 1 is 1.40 bits per heavy atom. The zero-order valence-corrected chi connectivity index (χ0v) is 11.9. The molecule has 2 aromatic rings. The van der Waals surface area contributed by atoms with Gasteiger partial charge in [-0.15, -0.1) is 15.3 Å². The van der Waals surface area contributed by atoms with Crippen LogP contribution >= 0.6 is 0 Å². The van der Waals surface area contributed by atoms with Gasteiger partial charge in [0.05, 0.1) is 6.61 Å². The van der Waals surface area contributed by atoms with Crippen LogP contribution in [0.15, 0.2) is 6.20 Å². The van der Waals surface area contributed by atoms with Gasteiger partial charge in [-0.05, 0) is 19.9 Å². The number of hydrogen-bond donors (Lipinski definition) is 0. The van der Waals surface area contributed by atoms with Crippen molar-refractivity contribution >= 4 is 17.8 Å². The lowest BCUT2D eigenvalue weighted by Gasteiger charge is -2.07. The molecule has 0 fully saturated rings. The van der Waals surface area contributed by atoms with Crippen LogP contribution in [0.5, 0.6) is 0 Å². The normalized spacial score (nSPS) is 11.2. The van der Waals surface area contributed by atoms with Gasteiger partial charge in [0.1, 0.15) is 11.5 Å². The summed E-state index contributed by atoms with van der Waals surface area (Å²) in [6.07, 6.45) is 3.51. The molecule has 0 unspecified atom stereocenters. The fourth-order valence-corrected chi connectivity index (χ4v) is 1.59. The molecule has 0 aromatic carbocycles. The summed E-state index contributed by atoms with van der Waals surface area (Å²) in [5.74, 6) is 0.363. The fourth-order valence-electron chi connectivity index (χ4n) is 1.59. The van der Waals surface area contributed by atoms with Gasteiger partial charge in [0.15, 0.2) is 5.69 Å². The minimum absolute atomic E-state index is 0.113. The molecule has 2 rings (SSSR count). The lowest BCUT2D eigenvalue weighted by molar-refractivity contribution is 0.0517. The molecule has 8 heteroatoms. The predicted molar refractivity (Wildman–Crippen MR) is 72.0 cm³/mol. The Labute approximate surface area is 116 Å². The summed E-state index contributed by atoms with van der Waals surface area (Å²) >= 11 is 0. The third-order valence-corrected chi connectivity index (χ3v) is 2.41. The second-order valence-electron chi connectivity index (χ2n) is 4.30. The molecule has 0 radical (unpaired) electrons. The standard InChI is InChI=1S/C12H16N6O2/c1-5-20-11(19)10-9(6-7-17(3)4)18-12(15-14-10)13-8(2)16-18/h6-7H,5H2,1-4H3/b7-6+. The molecule has 0 aliphatic rings. The maximum absolute atomic E-state index is 11.9. The number of aryl methyl sites for hydroxylation is 1. The highest BCUT2D eigenvalue weighted by atomic mass is 16.5. The summed E-state index contributed by atoms with van der Waals surface area (Å²) < 4.78 is 6.46. The van der Waals surface area contributed by atoms with E-state index in [0.29, 0.717) is 17.3 Å². The van der Waals surface area contributed by atoms with Crippen molar-refractivity contribution in [2.45, 2.75) is 13.8 Å². The summed E-state index contributed by atoms with van der Waals surface area (Å²) in [5, 5.41) is 12.0. The summed E-state index contributed by atoms with van der Waals surface area (Å²) in [6, 6.07) is 0. The van der Waals surface area contributed by atoms with E-state index in [1.807, 2.05) is 19.0 Å². The zero-order valence-electron chi connectivity index (χ0n) is 11.9. The molecule has 8 nitrogen and oxygen atoms in total. The predicted octanol–water partition coefficient (Wildman–Crippen LogP) is 0.537. The van der Waals surface area contributed by atoms with Crippen molar-refractivity contribution in [3.05, 3.63) is 23.4 Å². The van der Waals surface area contributed by atoms with E-state index in [4.69, 9.17) is 4.74 Å². The van der Waals surface area contributed by atoms with Gasteiger partial charge in [-0.2, -0.15) is 9.50 Å². The van der Waals surface area contributed by atoms with Crippen LogP contribution in [0.3, 0.4) is 0 Å². The number of carbonyl (C=O) groups is 1. The Kier molecular flexibility index (Phi) is 3.92. The molecule has 0 saturated carbocycles. The quantitative estimate of drug-likeness (QED) is 0.753. The minimum atomic E-state index is -0.534. The Morgan fingerprint density at radius 2 is 2.15 bits per heavy atom. The van der Waals surface area contributed by atoms with Crippen LogP contribution in [0.25, 0.3) is 11.9 Å². The molecule has 0 N–H and O–H groups in total. The van der Waals surface area contributed by atoms with E-state index < -0.39 is 5.97 Å². The fraction of sp³-hybridized carbons (Fsp3) is 0.417. The average Bonchev–Trinajstić information content (AvgIpc) is 2.76. The van der Waals surface area contributed by atoms with Crippen LogP contribution in [-0.2, 0) is 4.74 Å². The van der Waals surface area contributed by atoms with E-state index in [1.54, 1.807) is 26.1 Å². The van der Waals surface area contributed by atoms with Crippen LogP contribution in [0, 0.1) is 6.92 Å². The van der Waals surface area contributed by atoms with Crippen LogP contribution in [-0.4, -0.2) is 56.4 Å². The van der Waals surface area contributed by atoms with Gasteiger partial charge in [0.2, 0.25) is 0 Å². The third kappa shape index (κ3) is 2.73. The molecule has 106 valence electrons. The number of hydrogen-bond acceptors (Lipinski definition) is 7. The van der Waals surface area contributed by atoms with Crippen molar-refractivity contribution in [3.8, 4) is 0 Å². The summed E-state index contributed by atoms with van der Waals surface area (Å²) in [6.45, 7) is 3.75.